The summed E-state index contributed by atoms with van der Waals surface area (Å²) in [6.45, 7) is 0. The summed E-state index contributed by atoms with van der Waals surface area (Å²) in [5.74, 6) is -0.588. The summed E-state index contributed by atoms with van der Waals surface area (Å²) in [7, 11) is 1.58. The molecule has 0 aliphatic heterocycles. The van der Waals surface area contributed by atoms with Crippen molar-refractivity contribution < 1.29 is 18.3 Å². The van der Waals surface area contributed by atoms with Crippen LogP contribution in [0, 0.1) is 11.6 Å². The highest BCUT2D eigenvalue weighted by atomic mass is 35.5. The van der Waals surface area contributed by atoms with Crippen molar-refractivity contribution in [2.24, 2.45) is 0 Å². The number of ether oxygens (including phenoxy) is 1. The van der Waals surface area contributed by atoms with Crippen LogP contribution in [-0.4, -0.2) is 27.9 Å². The zero-order valence-corrected chi connectivity index (χ0v) is 20.9. The van der Waals surface area contributed by atoms with Gasteiger partial charge in [0.05, 0.1) is 10.9 Å². The minimum atomic E-state index is -0.595. The van der Waals surface area contributed by atoms with Gasteiger partial charge in [0.25, 0.3) is 5.91 Å². The number of halogens is 4. The van der Waals surface area contributed by atoms with E-state index < -0.39 is 11.6 Å². The smallest absolute Gasteiger partial charge is 0.261 e. The third kappa shape index (κ3) is 5.79. The molecule has 2 N–H and O–H groups in total. The molecular formula is C26H21Cl2F2N5O2. The molecule has 0 spiro atoms. The highest BCUT2D eigenvalue weighted by Gasteiger charge is 2.19. The first-order valence-electron chi connectivity index (χ1n) is 10.6. The second-order valence-electron chi connectivity index (χ2n) is 7.66. The number of pyridine rings is 2. The lowest BCUT2D eigenvalue weighted by atomic mass is 10.2. The van der Waals surface area contributed by atoms with E-state index in [0.717, 1.165) is 5.39 Å². The Balaban J connectivity index is 0.00000190. The maximum atomic E-state index is 14.9. The van der Waals surface area contributed by atoms with E-state index in [2.05, 4.69) is 20.3 Å². The van der Waals surface area contributed by atoms with Crippen molar-refractivity contribution in [1.29, 1.82) is 0 Å². The molecule has 0 aliphatic rings. The fourth-order valence-corrected chi connectivity index (χ4v) is 3.58. The molecule has 37 heavy (non-hydrogen) atoms. The van der Waals surface area contributed by atoms with Crippen molar-refractivity contribution >= 4 is 58.9 Å². The zero-order valence-electron chi connectivity index (χ0n) is 19.3. The molecule has 1 amide bonds. The summed E-state index contributed by atoms with van der Waals surface area (Å²) in [6.07, 6.45) is 4.83. The van der Waals surface area contributed by atoms with Crippen LogP contribution in [0.15, 0.2) is 85.3 Å². The number of aromatic amines is 1. The Morgan fingerprint density at radius 1 is 0.946 bits per heavy atom. The van der Waals surface area contributed by atoms with Crippen LogP contribution in [0.3, 0.4) is 0 Å². The molecule has 3 heterocycles. The molecule has 0 radical (unpaired) electrons. The van der Waals surface area contributed by atoms with Crippen LogP contribution in [-0.2, 0) is 0 Å². The first-order chi connectivity index (χ1) is 17.0. The average molecular weight is 544 g/mol. The van der Waals surface area contributed by atoms with E-state index in [1.807, 2.05) is 0 Å². The lowest BCUT2D eigenvalue weighted by molar-refractivity contribution is 0.0993. The molecule has 5 rings (SSSR count). The molecule has 0 saturated heterocycles. The van der Waals surface area contributed by atoms with Gasteiger partial charge < -0.3 is 19.9 Å². The highest BCUT2D eigenvalue weighted by Crippen LogP contribution is 2.32. The number of hydrogen-bond donors (Lipinski definition) is 2. The molecule has 0 atom stereocenters. The molecule has 11 heteroatoms. The molecule has 0 saturated carbocycles. The van der Waals surface area contributed by atoms with Gasteiger partial charge in [-0.2, -0.15) is 0 Å². The van der Waals surface area contributed by atoms with Crippen LogP contribution in [0.2, 0.25) is 0 Å². The minimum absolute atomic E-state index is 0. The van der Waals surface area contributed by atoms with E-state index in [4.69, 9.17) is 4.74 Å². The molecule has 0 unspecified atom stereocenters. The number of hydrogen-bond acceptors (Lipinski definition) is 5. The first-order valence-corrected chi connectivity index (χ1v) is 10.6. The SMILES string of the molecule is CN(C(=O)c1cccnc1Nc1ccc(Oc2ccnc3[nH]ccc23)c(F)c1)c1ccc(F)cc1.Cl.Cl. The summed E-state index contributed by atoms with van der Waals surface area (Å²) in [6, 6.07) is 16.6. The summed E-state index contributed by atoms with van der Waals surface area (Å²) < 4.78 is 33.9. The summed E-state index contributed by atoms with van der Waals surface area (Å²) >= 11 is 0. The largest absolute Gasteiger partial charge is 0.453 e. The van der Waals surface area contributed by atoms with Crippen molar-refractivity contribution in [3.63, 3.8) is 0 Å². The average Bonchev–Trinajstić information content (AvgIpc) is 3.36. The minimum Gasteiger partial charge on any atom is -0.453 e. The summed E-state index contributed by atoms with van der Waals surface area (Å²) in [5, 5.41) is 3.73. The Hall–Kier alpha value is -4.21. The van der Waals surface area contributed by atoms with Crippen LogP contribution in [0.1, 0.15) is 10.4 Å². The van der Waals surface area contributed by atoms with Crippen LogP contribution < -0.4 is 15.0 Å². The number of carbonyl (C=O) groups excluding carboxylic acids is 1. The third-order valence-corrected chi connectivity index (χ3v) is 5.39. The van der Waals surface area contributed by atoms with Crippen molar-refractivity contribution in [2.45, 2.75) is 0 Å². The highest BCUT2D eigenvalue weighted by molar-refractivity contribution is 6.09. The van der Waals surface area contributed by atoms with E-state index in [9.17, 15) is 13.6 Å². The Labute approximate surface area is 223 Å². The molecule has 5 aromatic rings. The quantitative estimate of drug-likeness (QED) is 0.243. The zero-order chi connectivity index (χ0) is 24.4. The Bertz CT molecular complexity index is 1530. The van der Waals surface area contributed by atoms with Gasteiger partial charge in [0, 0.05) is 43.1 Å². The second-order valence-corrected chi connectivity index (χ2v) is 7.66. The fraction of sp³-hybridized carbons (Fsp3) is 0.0385. The Kier molecular flexibility index (Phi) is 8.65. The van der Waals surface area contributed by atoms with Gasteiger partial charge >= 0.3 is 0 Å². The number of nitrogens with one attached hydrogen (secondary N) is 2. The number of rotatable bonds is 6. The molecule has 3 aromatic heterocycles. The van der Waals surface area contributed by atoms with Crippen molar-refractivity contribution in [3.05, 3.63) is 103 Å². The van der Waals surface area contributed by atoms with Crippen molar-refractivity contribution in [1.82, 2.24) is 15.0 Å². The topological polar surface area (TPSA) is 83.1 Å². The number of nitrogens with zero attached hydrogens (tertiary/aromatic N) is 3. The van der Waals surface area contributed by atoms with Crippen LogP contribution >= 0.6 is 24.8 Å². The molecule has 0 fully saturated rings. The molecule has 0 bridgehead atoms. The fourth-order valence-electron chi connectivity index (χ4n) is 3.58. The van der Waals surface area contributed by atoms with Gasteiger partial charge in [-0.15, -0.1) is 24.8 Å². The molecule has 190 valence electrons. The summed E-state index contributed by atoms with van der Waals surface area (Å²) in [5.41, 5.74) is 1.81. The number of aromatic nitrogens is 3. The number of carbonyl (C=O) groups is 1. The number of fused-ring (bicyclic) bond motifs is 1. The van der Waals surface area contributed by atoms with Gasteiger partial charge in [0.15, 0.2) is 11.6 Å². The van der Waals surface area contributed by atoms with E-state index in [-0.39, 0.29) is 47.9 Å². The molecule has 2 aromatic carbocycles. The Morgan fingerprint density at radius 2 is 1.73 bits per heavy atom. The lowest BCUT2D eigenvalue weighted by Gasteiger charge is -2.19. The van der Waals surface area contributed by atoms with Gasteiger partial charge in [-0.25, -0.2) is 18.7 Å². The van der Waals surface area contributed by atoms with E-state index in [1.165, 1.54) is 47.5 Å². The molecule has 0 aliphatic carbocycles. The van der Waals surface area contributed by atoms with Crippen molar-refractivity contribution in [2.75, 3.05) is 17.3 Å². The maximum absolute atomic E-state index is 14.9. The van der Waals surface area contributed by atoms with Crippen molar-refractivity contribution in [3.8, 4) is 11.5 Å². The first kappa shape index (κ1) is 27.4. The Morgan fingerprint density at radius 3 is 2.49 bits per heavy atom. The van der Waals surface area contributed by atoms with Crippen LogP contribution in [0.5, 0.6) is 11.5 Å². The monoisotopic (exact) mass is 543 g/mol. The number of H-pyrrole nitrogens is 1. The lowest BCUT2D eigenvalue weighted by Crippen LogP contribution is -2.27. The predicted octanol–water partition coefficient (Wildman–Crippen LogP) is 6.89. The van der Waals surface area contributed by atoms with Gasteiger partial charge in [-0.05, 0) is 60.7 Å². The van der Waals surface area contributed by atoms with Crippen LogP contribution in [0.4, 0.5) is 26.0 Å². The summed E-state index contributed by atoms with van der Waals surface area (Å²) in [4.78, 5) is 25.9. The third-order valence-electron chi connectivity index (χ3n) is 5.39. The van der Waals surface area contributed by atoms with E-state index >= 15 is 0 Å². The normalized spacial score (nSPS) is 10.2. The number of benzene rings is 2. The molecular weight excluding hydrogens is 523 g/mol. The van der Waals surface area contributed by atoms with Gasteiger partial charge in [0.2, 0.25) is 0 Å². The van der Waals surface area contributed by atoms with Gasteiger partial charge in [-0.3, -0.25) is 4.79 Å². The second kappa shape index (κ2) is 11.7. The predicted molar refractivity (Wildman–Crippen MR) is 144 cm³/mol. The molecule has 7 nitrogen and oxygen atoms in total. The van der Waals surface area contributed by atoms with Gasteiger partial charge in [0.1, 0.15) is 23.0 Å². The maximum Gasteiger partial charge on any atom is 0.261 e. The number of amides is 1. The number of anilines is 3. The standard InChI is InChI=1S/C26H19F2N5O2.2ClH/c1-33(18-7-4-16(27)5-8-18)26(34)20-3-2-12-29-25(20)32-17-6-9-23(21(28)15-17)35-22-11-14-31-24-19(22)10-13-30-24;;/h2-15H,1H3,(H,29,32)(H,30,31);2*1H. The van der Waals surface area contributed by atoms with E-state index in [0.29, 0.717) is 22.8 Å². The van der Waals surface area contributed by atoms with E-state index in [1.54, 1.807) is 49.8 Å². The van der Waals surface area contributed by atoms with Gasteiger partial charge in [-0.1, -0.05) is 0 Å². The van der Waals surface area contributed by atoms with Crippen LogP contribution in [0.25, 0.3) is 11.0 Å².